The lowest BCUT2D eigenvalue weighted by Crippen LogP contribution is -2.57. The van der Waals surface area contributed by atoms with Crippen molar-refractivity contribution in [3.05, 3.63) is 215 Å². The maximum absolute atomic E-state index is 14.6. The number of carbonyl (C=O) groups is 2. The fraction of sp³-hybridized carbons (Fsp3) is 0.156. The minimum atomic E-state index is -0.925. The van der Waals surface area contributed by atoms with Crippen LogP contribution in [0.15, 0.2) is 182 Å². The van der Waals surface area contributed by atoms with E-state index in [1.54, 1.807) is 18.7 Å². The zero-order chi connectivity index (χ0) is 35.4. The lowest BCUT2D eigenvalue weighted by molar-refractivity contribution is -0.143. The molecule has 1 amide bonds. The Bertz CT molecular complexity index is 1770. The summed E-state index contributed by atoms with van der Waals surface area (Å²) in [5.41, 5.74) is 5.31. The number of nitrogens with one attached hydrogen (secondary N) is 2. The van der Waals surface area contributed by atoms with Crippen molar-refractivity contribution >= 4 is 23.6 Å². The van der Waals surface area contributed by atoms with Crippen molar-refractivity contribution in [2.75, 3.05) is 18.9 Å². The van der Waals surface area contributed by atoms with Gasteiger partial charge in [-0.15, -0.1) is 11.8 Å². The summed E-state index contributed by atoms with van der Waals surface area (Å²) in [5, 5.41) is 6.82. The second kappa shape index (κ2) is 17.0. The average Bonchev–Trinajstić information content (AvgIpc) is 3.21. The predicted octanol–water partition coefficient (Wildman–Crippen LogP) is 8.34. The van der Waals surface area contributed by atoms with Gasteiger partial charge >= 0.3 is 5.97 Å². The molecular formula is C45H42N2O3S. The van der Waals surface area contributed by atoms with Gasteiger partial charge in [0.2, 0.25) is 5.91 Å². The van der Waals surface area contributed by atoms with Crippen molar-refractivity contribution in [2.45, 2.75) is 23.3 Å². The van der Waals surface area contributed by atoms with E-state index in [9.17, 15) is 9.59 Å². The number of hydrogen-bond donors (Lipinski definition) is 2. The van der Waals surface area contributed by atoms with E-state index < -0.39 is 22.3 Å². The first-order valence-electron chi connectivity index (χ1n) is 17.3. The van der Waals surface area contributed by atoms with Crippen molar-refractivity contribution in [3.8, 4) is 0 Å². The van der Waals surface area contributed by atoms with Crippen molar-refractivity contribution < 1.29 is 14.3 Å². The number of rotatable bonds is 15. The molecule has 51 heavy (non-hydrogen) atoms. The summed E-state index contributed by atoms with van der Waals surface area (Å²) in [5.74, 6) is -0.433. The van der Waals surface area contributed by atoms with Crippen LogP contribution in [0.3, 0.4) is 0 Å². The second-order valence-electron chi connectivity index (χ2n) is 12.2. The molecule has 0 saturated heterocycles. The third-order valence-corrected chi connectivity index (χ3v) is 10.7. The van der Waals surface area contributed by atoms with E-state index in [1.165, 1.54) is 0 Å². The number of hydrogen-bond acceptors (Lipinski definition) is 5. The lowest BCUT2D eigenvalue weighted by atomic mass is 9.76. The molecule has 6 rings (SSSR count). The van der Waals surface area contributed by atoms with Gasteiger partial charge in [-0.05, 0) is 40.3 Å². The summed E-state index contributed by atoms with van der Waals surface area (Å²) in [6, 6.07) is 61.2. The average molecular weight is 691 g/mol. The Labute approximate surface area is 305 Å². The number of thioether (sulfide) groups is 1. The molecule has 0 aromatic heterocycles. The molecule has 0 aliphatic rings. The number of ether oxygens (including phenoxy) is 1. The Balaban J connectivity index is 1.52. The largest absolute Gasteiger partial charge is 0.465 e. The van der Waals surface area contributed by atoms with E-state index in [1.807, 2.05) is 72.8 Å². The van der Waals surface area contributed by atoms with Crippen LogP contribution in [0.2, 0.25) is 0 Å². The smallest absolute Gasteiger partial charge is 0.325 e. The first-order valence-corrected chi connectivity index (χ1v) is 18.2. The highest BCUT2D eigenvalue weighted by Crippen LogP contribution is 2.49. The van der Waals surface area contributed by atoms with Gasteiger partial charge in [-0.25, -0.2) is 0 Å². The lowest BCUT2D eigenvalue weighted by Gasteiger charge is -2.41. The summed E-state index contributed by atoms with van der Waals surface area (Å²) in [6.07, 6.45) is 0. The van der Waals surface area contributed by atoms with Crippen LogP contribution in [0, 0.1) is 0 Å². The molecule has 0 saturated carbocycles. The standard InChI is InChI=1S/C45H42N2O3S/c1-2-50-42(48)33-46-43(49)41(47-44(35-21-9-3-10-22-35,36-23-11-4-12-24-36)37-25-13-5-14-26-37)34-51-45(38-27-15-6-16-28-38,39-29-17-7-18-30-39)40-31-19-8-20-32-40/h3-32,41,47H,2,33-34H2,1H3,(H,46,49). The summed E-state index contributed by atoms with van der Waals surface area (Å²) in [4.78, 5) is 27.1. The third-order valence-electron chi connectivity index (χ3n) is 9.05. The van der Waals surface area contributed by atoms with Crippen molar-refractivity contribution in [2.24, 2.45) is 0 Å². The van der Waals surface area contributed by atoms with Crippen LogP contribution in [-0.2, 0) is 24.6 Å². The fourth-order valence-corrected chi connectivity index (χ4v) is 8.29. The normalized spacial score (nSPS) is 12.1. The molecule has 1 unspecified atom stereocenters. The second-order valence-corrected chi connectivity index (χ2v) is 13.4. The quantitative estimate of drug-likeness (QED) is 0.0838. The summed E-state index contributed by atoms with van der Waals surface area (Å²) in [7, 11) is 0. The Morgan fingerprint density at radius 2 is 0.882 bits per heavy atom. The Morgan fingerprint density at radius 1 is 0.549 bits per heavy atom. The van der Waals surface area contributed by atoms with Crippen LogP contribution < -0.4 is 10.6 Å². The summed E-state index contributed by atoms with van der Waals surface area (Å²) < 4.78 is 4.52. The Kier molecular flexibility index (Phi) is 11.8. The highest BCUT2D eigenvalue weighted by atomic mass is 32.2. The van der Waals surface area contributed by atoms with Gasteiger partial charge < -0.3 is 10.1 Å². The van der Waals surface area contributed by atoms with Crippen LogP contribution in [0.1, 0.15) is 40.3 Å². The van der Waals surface area contributed by atoms with Gasteiger partial charge in [0.05, 0.1) is 22.9 Å². The van der Waals surface area contributed by atoms with E-state index in [4.69, 9.17) is 4.74 Å². The van der Waals surface area contributed by atoms with Gasteiger partial charge in [-0.3, -0.25) is 14.9 Å². The highest BCUT2D eigenvalue weighted by Gasteiger charge is 2.43. The van der Waals surface area contributed by atoms with Gasteiger partial charge in [0.15, 0.2) is 0 Å². The van der Waals surface area contributed by atoms with Gasteiger partial charge in [-0.2, -0.15) is 0 Å². The minimum Gasteiger partial charge on any atom is -0.465 e. The van der Waals surface area contributed by atoms with Crippen LogP contribution in [0.4, 0.5) is 0 Å². The highest BCUT2D eigenvalue weighted by molar-refractivity contribution is 8.00. The molecule has 2 N–H and O–H groups in total. The summed E-state index contributed by atoms with van der Waals surface area (Å²) >= 11 is 1.70. The molecule has 0 heterocycles. The van der Waals surface area contributed by atoms with Gasteiger partial charge in [0.1, 0.15) is 6.54 Å². The van der Waals surface area contributed by atoms with Crippen molar-refractivity contribution in [1.82, 2.24) is 10.6 Å². The topological polar surface area (TPSA) is 67.4 Å². The first-order chi connectivity index (χ1) is 25.1. The molecule has 256 valence electrons. The molecular weight excluding hydrogens is 649 g/mol. The fourth-order valence-electron chi connectivity index (χ4n) is 6.73. The first kappa shape index (κ1) is 35.4. The number of benzene rings is 6. The van der Waals surface area contributed by atoms with Crippen LogP contribution in [0.5, 0.6) is 0 Å². The molecule has 0 aliphatic carbocycles. The third kappa shape index (κ3) is 7.83. The maximum Gasteiger partial charge on any atom is 0.325 e. The number of esters is 1. The summed E-state index contributed by atoms with van der Waals surface area (Å²) in [6.45, 7) is 1.76. The Hall–Kier alpha value is -5.43. The predicted molar refractivity (Wildman–Crippen MR) is 207 cm³/mol. The molecule has 6 heteroatoms. The molecule has 0 fully saturated rings. The molecule has 6 aromatic rings. The minimum absolute atomic E-state index is 0.230. The molecule has 1 atom stereocenters. The van der Waals surface area contributed by atoms with Crippen LogP contribution in [-0.4, -0.2) is 36.8 Å². The maximum atomic E-state index is 14.6. The van der Waals surface area contributed by atoms with Crippen LogP contribution >= 0.6 is 11.8 Å². The molecule has 5 nitrogen and oxygen atoms in total. The van der Waals surface area contributed by atoms with Gasteiger partial charge in [0.25, 0.3) is 0 Å². The van der Waals surface area contributed by atoms with E-state index in [-0.39, 0.29) is 19.1 Å². The van der Waals surface area contributed by atoms with Crippen molar-refractivity contribution in [3.63, 3.8) is 0 Å². The zero-order valence-electron chi connectivity index (χ0n) is 28.7. The van der Waals surface area contributed by atoms with E-state index >= 15 is 0 Å². The molecule has 0 bridgehead atoms. The zero-order valence-corrected chi connectivity index (χ0v) is 29.5. The molecule has 0 radical (unpaired) electrons. The monoisotopic (exact) mass is 690 g/mol. The number of amides is 1. The number of carbonyl (C=O) groups excluding carboxylic acids is 2. The SMILES string of the molecule is CCOC(=O)CNC(=O)C(CSC(c1ccccc1)(c1ccccc1)c1ccccc1)NC(c1ccccc1)(c1ccccc1)c1ccccc1. The van der Waals surface area contributed by atoms with E-state index in [2.05, 4.69) is 120 Å². The molecule has 0 aliphatic heterocycles. The van der Waals surface area contributed by atoms with Crippen molar-refractivity contribution in [1.29, 1.82) is 0 Å². The van der Waals surface area contributed by atoms with Crippen LogP contribution in [0.25, 0.3) is 0 Å². The molecule has 6 aromatic carbocycles. The van der Waals surface area contributed by atoms with E-state index in [0.717, 1.165) is 33.4 Å². The van der Waals surface area contributed by atoms with E-state index in [0.29, 0.717) is 5.75 Å². The van der Waals surface area contributed by atoms with Gasteiger partial charge in [0, 0.05) is 5.75 Å². The Morgan fingerprint density at radius 3 is 1.22 bits per heavy atom. The molecule has 0 spiro atoms. The van der Waals surface area contributed by atoms with Gasteiger partial charge in [-0.1, -0.05) is 182 Å².